The molecule has 1 aromatic carbocycles. The average molecular weight is 287 g/mol. The predicted octanol–water partition coefficient (Wildman–Crippen LogP) is 1.96. The summed E-state index contributed by atoms with van der Waals surface area (Å²) in [6.07, 6.45) is 0. The van der Waals surface area contributed by atoms with Crippen LogP contribution in [-0.2, 0) is 14.3 Å². The van der Waals surface area contributed by atoms with Gasteiger partial charge in [-0.1, -0.05) is 0 Å². The fourth-order valence-electron chi connectivity index (χ4n) is 1.13. The molecular formula is C12H12ClFN2O3. The Hall–Kier alpha value is -1.95. The summed E-state index contributed by atoms with van der Waals surface area (Å²) in [5.74, 6) is -2.31. The Morgan fingerprint density at radius 2 is 2.00 bits per heavy atom. The van der Waals surface area contributed by atoms with Gasteiger partial charge in [0.25, 0.3) is 0 Å². The zero-order valence-electron chi connectivity index (χ0n) is 10.2. The highest BCUT2D eigenvalue weighted by Crippen LogP contribution is 2.08. The molecule has 0 bridgehead atoms. The van der Waals surface area contributed by atoms with Gasteiger partial charge in [0.05, 0.1) is 18.2 Å². The third-order valence-corrected chi connectivity index (χ3v) is 2.24. The van der Waals surface area contributed by atoms with Crippen molar-refractivity contribution in [1.29, 1.82) is 0 Å². The second-order valence-corrected chi connectivity index (χ2v) is 3.62. The second-order valence-electron chi connectivity index (χ2n) is 3.36. The number of esters is 1. The van der Waals surface area contributed by atoms with E-state index in [0.717, 1.165) is 0 Å². The predicted molar refractivity (Wildman–Crippen MR) is 69.8 cm³/mol. The summed E-state index contributed by atoms with van der Waals surface area (Å²) in [5.41, 5.74) is 2.46. The molecule has 1 aromatic rings. The summed E-state index contributed by atoms with van der Waals surface area (Å²) in [7, 11) is 0. The molecule has 0 saturated carbocycles. The molecule has 0 aliphatic heterocycles. The van der Waals surface area contributed by atoms with Crippen LogP contribution >= 0.6 is 11.6 Å². The number of nitrogens with zero attached hydrogens (tertiary/aromatic N) is 1. The van der Waals surface area contributed by atoms with E-state index < -0.39 is 23.3 Å². The highest BCUT2D eigenvalue weighted by Gasteiger charge is 2.21. The van der Waals surface area contributed by atoms with Crippen LogP contribution in [0.4, 0.5) is 10.1 Å². The molecule has 0 aromatic heterocycles. The number of ether oxygens (including phenoxy) is 1. The Kier molecular flexibility index (Phi) is 5.95. The molecule has 0 amide bonds. The zero-order chi connectivity index (χ0) is 14.3. The molecule has 1 N–H and O–H groups in total. The van der Waals surface area contributed by atoms with Gasteiger partial charge in [-0.15, -0.1) is 11.6 Å². The van der Waals surface area contributed by atoms with E-state index in [-0.39, 0.29) is 12.5 Å². The molecule has 0 fully saturated rings. The largest absolute Gasteiger partial charge is 0.461 e. The van der Waals surface area contributed by atoms with Crippen LogP contribution in [0, 0.1) is 5.82 Å². The van der Waals surface area contributed by atoms with Crippen molar-refractivity contribution in [2.24, 2.45) is 5.10 Å². The molecule has 0 atom stereocenters. The van der Waals surface area contributed by atoms with Crippen LogP contribution in [0.5, 0.6) is 0 Å². The van der Waals surface area contributed by atoms with Gasteiger partial charge in [0.1, 0.15) is 5.82 Å². The fraction of sp³-hybridized carbons (Fsp3) is 0.250. The standard InChI is InChI=1S/C12H12ClFN2O3/c1-2-19-12(18)11(10(17)7-13)16-15-9-5-3-8(14)4-6-9/h3-6,15H,2,7H2,1H3/b16-11-. The Bertz CT molecular complexity index is 488. The van der Waals surface area contributed by atoms with E-state index in [9.17, 15) is 14.0 Å². The van der Waals surface area contributed by atoms with Crippen molar-refractivity contribution in [3.63, 3.8) is 0 Å². The first-order chi connectivity index (χ1) is 9.08. The second kappa shape index (κ2) is 7.48. The summed E-state index contributed by atoms with van der Waals surface area (Å²) in [4.78, 5) is 22.9. The highest BCUT2D eigenvalue weighted by molar-refractivity contribution is 6.67. The number of alkyl halides is 1. The van der Waals surface area contributed by atoms with Crippen LogP contribution in [0.3, 0.4) is 0 Å². The number of hydrogen-bond donors (Lipinski definition) is 1. The van der Waals surface area contributed by atoms with Crippen molar-refractivity contribution in [2.45, 2.75) is 6.92 Å². The first kappa shape index (κ1) is 15.1. The number of rotatable bonds is 6. The number of carbonyl (C=O) groups excluding carboxylic acids is 2. The molecule has 102 valence electrons. The normalized spacial score (nSPS) is 11.0. The smallest absolute Gasteiger partial charge is 0.362 e. The number of carbonyl (C=O) groups is 2. The minimum Gasteiger partial charge on any atom is -0.461 e. The van der Waals surface area contributed by atoms with Crippen molar-refractivity contribution in [3.8, 4) is 0 Å². The number of Topliss-reactive ketones (excluding diaryl/α,β-unsaturated/α-hetero) is 1. The average Bonchev–Trinajstić information content (AvgIpc) is 2.41. The van der Waals surface area contributed by atoms with Gasteiger partial charge in [-0.25, -0.2) is 9.18 Å². The number of ketones is 1. The van der Waals surface area contributed by atoms with E-state index in [1.54, 1.807) is 6.92 Å². The number of halogens is 2. The summed E-state index contributed by atoms with van der Waals surface area (Å²) < 4.78 is 17.4. The highest BCUT2D eigenvalue weighted by atomic mass is 35.5. The van der Waals surface area contributed by atoms with Crippen molar-refractivity contribution in [1.82, 2.24) is 0 Å². The summed E-state index contributed by atoms with van der Waals surface area (Å²) in [6, 6.07) is 5.25. The lowest BCUT2D eigenvalue weighted by molar-refractivity contribution is -0.135. The molecule has 0 unspecified atom stereocenters. The fourth-order valence-corrected chi connectivity index (χ4v) is 1.26. The van der Waals surface area contributed by atoms with E-state index in [2.05, 4.69) is 15.3 Å². The lowest BCUT2D eigenvalue weighted by atomic mass is 10.3. The van der Waals surface area contributed by atoms with Gasteiger partial charge < -0.3 is 4.74 Å². The van der Waals surface area contributed by atoms with Crippen molar-refractivity contribution in [3.05, 3.63) is 30.1 Å². The monoisotopic (exact) mass is 286 g/mol. The van der Waals surface area contributed by atoms with Gasteiger partial charge in [-0.05, 0) is 31.2 Å². The van der Waals surface area contributed by atoms with Gasteiger partial charge in [0, 0.05) is 0 Å². The van der Waals surface area contributed by atoms with Crippen LogP contribution in [0.25, 0.3) is 0 Å². The van der Waals surface area contributed by atoms with Crippen LogP contribution in [-0.4, -0.2) is 30.0 Å². The first-order valence-electron chi connectivity index (χ1n) is 5.44. The molecule has 0 aliphatic carbocycles. The number of hydrazone groups is 1. The van der Waals surface area contributed by atoms with Crippen LogP contribution < -0.4 is 5.43 Å². The van der Waals surface area contributed by atoms with Crippen molar-refractivity contribution in [2.75, 3.05) is 17.9 Å². The molecular weight excluding hydrogens is 275 g/mol. The molecule has 1 rings (SSSR count). The third kappa shape index (κ3) is 4.67. The van der Waals surface area contributed by atoms with E-state index in [4.69, 9.17) is 11.6 Å². The van der Waals surface area contributed by atoms with E-state index >= 15 is 0 Å². The summed E-state index contributed by atoms with van der Waals surface area (Å²) >= 11 is 5.38. The summed E-state index contributed by atoms with van der Waals surface area (Å²) in [6.45, 7) is 1.72. The number of anilines is 1. The minimum absolute atomic E-state index is 0.115. The Morgan fingerprint density at radius 1 is 1.37 bits per heavy atom. The van der Waals surface area contributed by atoms with E-state index in [1.807, 2.05) is 0 Å². The minimum atomic E-state index is -0.859. The van der Waals surface area contributed by atoms with Gasteiger partial charge in [0.15, 0.2) is 0 Å². The van der Waals surface area contributed by atoms with E-state index in [1.165, 1.54) is 24.3 Å². The molecule has 0 spiro atoms. The number of benzene rings is 1. The summed E-state index contributed by atoms with van der Waals surface area (Å²) in [5, 5.41) is 3.65. The maximum Gasteiger partial charge on any atom is 0.362 e. The van der Waals surface area contributed by atoms with Crippen molar-refractivity contribution >= 4 is 34.8 Å². The Morgan fingerprint density at radius 3 is 2.53 bits per heavy atom. The van der Waals surface area contributed by atoms with Crippen LogP contribution in [0.15, 0.2) is 29.4 Å². The van der Waals surface area contributed by atoms with Crippen LogP contribution in [0.1, 0.15) is 6.92 Å². The number of hydrogen-bond acceptors (Lipinski definition) is 5. The maximum atomic E-state index is 12.7. The number of nitrogens with one attached hydrogen (secondary N) is 1. The Labute approximate surface area is 114 Å². The molecule has 0 heterocycles. The molecule has 0 saturated heterocycles. The molecule has 5 nitrogen and oxygen atoms in total. The SMILES string of the molecule is CCOC(=O)/C(=N\Nc1ccc(F)cc1)C(=O)CCl. The topological polar surface area (TPSA) is 67.8 Å². The quantitative estimate of drug-likeness (QED) is 0.285. The Balaban J connectivity index is 2.85. The molecule has 19 heavy (non-hydrogen) atoms. The van der Waals surface area contributed by atoms with Crippen molar-refractivity contribution < 1.29 is 18.7 Å². The molecule has 7 heteroatoms. The van der Waals surface area contributed by atoms with Gasteiger partial charge in [-0.3, -0.25) is 10.2 Å². The lowest BCUT2D eigenvalue weighted by Crippen LogP contribution is -2.28. The lowest BCUT2D eigenvalue weighted by Gasteiger charge is -2.05. The molecule has 0 aliphatic rings. The third-order valence-electron chi connectivity index (χ3n) is 2.00. The maximum absolute atomic E-state index is 12.7. The van der Waals surface area contributed by atoms with Gasteiger partial charge in [-0.2, -0.15) is 5.10 Å². The van der Waals surface area contributed by atoms with Gasteiger partial charge >= 0.3 is 5.97 Å². The first-order valence-corrected chi connectivity index (χ1v) is 5.97. The van der Waals surface area contributed by atoms with Gasteiger partial charge in [0.2, 0.25) is 11.5 Å². The molecule has 0 radical (unpaired) electrons. The zero-order valence-corrected chi connectivity index (χ0v) is 10.9. The van der Waals surface area contributed by atoms with Crippen LogP contribution in [0.2, 0.25) is 0 Å². The van der Waals surface area contributed by atoms with E-state index in [0.29, 0.717) is 5.69 Å².